The third-order valence-electron chi connectivity index (χ3n) is 4.68. The van der Waals surface area contributed by atoms with Crippen molar-refractivity contribution >= 4 is 0 Å². The summed E-state index contributed by atoms with van der Waals surface area (Å²) in [4.78, 5) is 0. The third-order valence-corrected chi connectivity index (χ3v) is 4.68. The minimum atomic E-state index is 0.174. The highest BCUT2D eigenvalue weighted by molar-refractivity contribution is 5.44. The molecule has 1 fully saturated rings. The zero-order valence-electron chi connectivity index (χ0n) is 13.3. The molecule has 0 spiro atoms. The molecule has 0 N–H and O–H groups in total. The van der Waals surface area contributed by atoms with Gasteiger partial charge in [0.05, 0.1) is 0 Å². The molecule has 0 bridgehead atoms. The highest BCUT2D eigenvalue weighted by Crippen LogP contribution is 2.44. The molecule has 4 heteroatoms. The van der Waals surface area contributed by atoms with Crippen LogP contribution in [0.3, 0.4) is 0 Å². The zero-order chi connectivity index (χ0) is 16.8. The van der Waals surface area contributed by atoms with E-state index >= 15 is 0 Å². The van der Waals surface area contributed by atoms with E-state index in [0.717, 1.165) is 11.1 Å². The lowest BCUT2D eigenvalue weighted by atomic mass is 9.79. The van der Waals surface area contributed by atoms with Crippen LogP contribution in [0.15, 0.2) is 48.5 Å². The van der Waals surface area contributed by atoms with Gasteiger partial charge in [-0.1, -0.05) is 43.2 Å². The van der Waals surface area contributed by atoms with Gasteiger partial charge in [-0.3, -0.25) is 0 Å². The smallest absolute Gasteiger partial charge is 0.292 e. The molecule has 4 nitrogen and oxygen atoms in total. The number of rotatable bonds is 5. The van der Waals surface area contributed by atoms with Crippen molar-refractivity contribution in [2.45, 2.75) is 31.6 Å². The van der Waals surface area contributed by atoms with E-state index in [1.807, 2.05) is 48.5 Å². The highest BCUT2D eigenvalue weighted by Gasteiger charge is 2.29. The fourth-order valence-electron chi connectivity index (χ4n) is 3.67. The Labute approximate surface area is 141 Å². The van der Waals surface area contributed by atoms with E-state index in [1.54, 1.807) is 12.5 Å². The fraction of sp³-hybridized carbons (Fsp3) is 0.300. The molecule has 1 aliphatic carbocycles. The normalized spacial score (nSPS) is 15.2. The largest absolute Gasteiger partial charge is 0.388 e. The lowest BCUT2D eigenvalue weighted by molar-refractivity contribution is 0.451. The summed E-state index contributed by atoms with van der Waals surface area (Å²) < 4.78 is 10.1. The SMILES string of the molecule is N#COc1ccc(C(c2ccccc2OC#N)C2CCCC2)cc1. The summed E-state index contributed by atoms with van der Waals surface area (Å²) in [5.74, 6) is 1.85. The van der Waals surface area contributed by atoms with Gasteiger partial charge in [-0.2, -0.15) is 0 Å². The second kappa shape index (κ2) is 7.53. The van der Waals surface area contributed by atoms with Crippen molar-refractivity contribution in [3.63, 3.8) is 0 Å². The van der Waals surface area contributed by atoms with Crippen LogP contribution >= 0.6 is 0 Å². The molecule has 120 valence electrons. The number of benzene rings is 2. The van der Waals surface area contributed by atoms with E-state index < -0.39 is 0 Å². The summed E-state index contributed by atoms with van der Waals surface area (Å²) in [6.07, 6.45) is 8.29. The van der Waals surface area contributed by atoms with E-state index in [9.17, 15) is 0 Å². The van der Waals surface area contributed by atoms with E-state index in [4.69, 9.17) is 20.0 Å². The third kappa shape index (κ3) is 3.34. The minimum absolute atomic E-state index is 0.174. The molecular weight excluding hydrogens is 300 g/mol. The summed E-state index contributed by atoms with van der Waals surface area (Å²) in [5, 5.41) is 17.6. The predicted molar refractivity (Wildman–Crippen MR) is 89.2 cm³/mol. The molecular formula is C20H18N2O2. The fourth-order valence-corrected chi connectivity index (χ4v) is 3.67. The quantitative estimate of drug-likeness (QED) is 0.748. The maximum atomic E-state index is 8.94. The Balaban J connectivity index is 2.01. The predicted octanol–water partition coefficient (Wildman–Crippen LogP) is 4.73. The summed E-state index contributed by atoms with van der Waals surface area (Å²) in [7, 11) is 0. The van der Waals surface area contributed by atoms with Crippen molar-refractivity contribution in [3.8, 4) is 24.0 Å². The minimum Gasteiger partial charge on any atom is -0.388 e. The van der Waals surface area contributed by atoms with Crippen LogP contribution in [0.4, 0.5) is 0 Å². The standard InChI is InChI=1S/C20H18N2O2/c21-13-23-17-11-9-16(10-12-17)20(15-5-1-2-6-15)18-7-3-4-8-19(18)24-14-22/h3-4,7-12,15,20H,1-2,5-6H2. The van der Waals surface area contributed by atoms with Crippen molar-refractivity contribution < 1.29 is 9.47 Å². The average molecular weight is 318 g/mol. The Hall–Kier alpha value is -2.98. The van der Waals surface area contributed by atoms with Crippen LogP contribution in [0.25, 0.3) is 0 Å². The maximum Gasteiger partial charge on any atom is 0.292 e. The first-order chi connectivity index (χ1) is 11.8. The van der Waals surface area contributed by atoms with Crippen molar-refractivity contribution in [1.29, 1.82) is 10.5 Å². The van der Waals surface area contributed by atoms with Crippen LogP contribution in [0.5, 0.6) is 11.5 Å². The molecule has 0 saturated heterocycles. The maximum absolute atomic E-state index is 8.94. The number of ether oxygens (including phenoxy) is 2. The summed E-state index contributed by atoms with van der Waals surface area (Å²) in [5.41, 5.74) is 2.20. The lowest BCUT2D eigenvalue weighted by Crippen LogP contribution is -2.12. The van der Waals surface area contributed by atoms with E-state index in [2.05, 4.69) is 0 Å². The van der Waals surface area contributed by atoms with Crippen molar-refractivity contribution in [2.24, 2.45) is 5.92 Å². The number of nitrogens with zero attached hydrogens (tertiary/aromatic N) is 2. The molecule has 24 heavy (non-hydrogen) atoms. The summed E-state index contributed by atoms with van der Waals surface area (Å²) in [6, 6.07) is 15.4. The topological polar surface area (TPSA) is 66.0 Å². The van der Waals surface area contributed by atoms with E-state index in [0.29, 0.717) is 17.4 Å². The van der Waals surface area contributed by atoms with Gasteiger partial charge in [0.2, 0.25) is 0 Å². The molecule has 0 heterocycles. The van der Waals surface area contributed by atoms with Gasteiger partial charge in [-0.25, -0.2) is 0 Å². The summed E-state index contributed by atoms with van der Waals surface area (Å²) >= 11 is 0. The van der Waals surface area contributed by atoms with Gasteiger partial charge in [0, 0.05) is 11.5 Å². The van der Waals surface area contributed by atoms with Crippen LogP contribution in [0.1, 0.15) is 42.7 Å². The Morgan fingerprint density at radius 2 is 1.54 bits per heavy atom. The molecule has 2 aromatic rings. The van der Waals surface area contributed by atoms with Gasteiger partial charge in [-0.05, 0) is 42.5 Å². The number of hydrogen-bond acceptors (Lipinski definition) is 4. The average Bonchev–Trinajstić information content (AvgIpc) is 3.13. The highest BCUT2D eigenvalue weighted by atomic mass is 16.5. The van der Waals surface area contributed by atoms with Gasteiger partial charge in [0.25, 0.3) is 12.5 Å². The van der Waals surface area contributed by atoms with Gasteiger partial charge >= 0.3 is 0 Å². The van der Waals surface area contributed by atoms with Crippen molar-refractivity contribution in [2.75, 3.05) is 0 Å². The number of hydrogen-bond donors (Lipinski definition) is 0. The second-order valence-electron chi connectivity index (χ2n) is 6.02. The summed E-state index contributed by atoms with van der Waals surface area (Å²) in [6.45, 7) is 0. The Morgan fingerprint density at radius 3 is 2.21 bits per heavy atom. The molecule has 1 aliphatic rings. The van der Waals surface area contributed by atoms with Crippen LogP contribution in [0.2, 0.25) is 0 Å². The first-order valence-corrected chi connectivity index (χ1v) is 8.14. The monoisotopic (exact) mass is 318 g/mol. The number of nitriles is 2. The molecule has 3 rings (SSSR count). The molecule has 1 unspecified atom stereocenters. The molecule has 0 radical (unpaired) electrons. The van der Waals surface area contributed by atoms with Gasteiger partial charge in [0.1, 0.15) is 11.5 Å². The lowest BCUT2D eigenvalue weighted by Gasteiger charge is -2.25. The van der Waals surface area contributed by atoms with Gasteiger partial charge in [0.15, 0.2) is 0 Å². The van der Waals surface area contributed by atoms with Crippen LogP contribution in [-0.4, -0.2) is 0 Å². The molecule has 0 amide bonds. The molecule has 1 saturated carbocycles. The van der Waals surface area contributed by atoms with E-state index in [1.165, 1.54) is 25.7 Å². The van der Waals surface area contributed by atoms with Crippen LogP contribution in [0, 0.1) is 29.0 Å². The molecule has 0 aliphatic heterocycles. The van der Waals surface area contributed by atoms with E-state index in [-0.39, 0.29) is 5.92 Å². The Bertz CT molecular complexity index is 765. The Morgan fingerprint density at radius 1 is 0.875 bits per heavy atom. The van der Waals surface area contributed by atoms with Crippen molar-refractivity contribution in [3.05, 3.63) is 59.7 Å². The van der Waals surface area contributed by atoms with Gasteiger partial charge in [-0.15, -0.1) is 10.5 Å². The zero-order valence-corrected chi connectivity index (χ0v) is 13.3. The first kappa shape index (κ1) is 15.9. The molecule has 1 atom stereocenters. The molecule has 2 aromatic carbocycles. The first-order valence-electron chi connectivity index (χ1n) is 8.14. The number of para-hydroxylation sites is 1. The van der Waals surface area contributed by atoms with Crippen LogP contribution < -0.4 is 9.47 Å². The Kier molecular flexibility index (Phi) is 4.99. The second-order valence-corrected chi connectivity index (χ2v) is 6.02. The van der Waals surface area contributed by atoms with Gasteiger partial charge < -0.3 is 9.47 Å². The van der Waals surface area contributed by atoms with Crippen LogP contribution in [-0.2, 0) is 0 Å². The molecule has 0 aromatic heterocycles. The van der Waals surface area contributed by atoms with Crippen molar-refractivity contribution in [1.82, 2.24) is 0 Å².